The number of nitrogens with zero attached hydrogens (tertiary/aromatic N) is 1. The molecule has 0 bridgehead atoms. The molecule has 0 aliphatic rings. The van der Waals surface area contributed by atoms with E-state index < -0.39 is 11.7 Å². The zero-order valence-electron chi connectivity index (χ0n) is 10.1. The summed E-state index contributed by atoms with van der Waals surface area (Å²) in [4.78, 5) is 11.4. The second-order valence-electron chi connectivity index (χ2n) is 4.52. The van der Waals surface area contributed by atoms with Gasteiger partial charge < -0.3 is 15.1 Å². The van der Waals surface area contributed by atoms with Crippen LogP contribution in [0.3, 0.4) is 0 Å². The summed E-state index contributed by atoms with van der Waals surface area (Å²) in [6, 6.07) is 2.95. The lowest BCUT2D eigenvalue weighted by Gasteiger charge is -2.19. The molecule has 1 amide bonds. The van der Waals surface area contributed by atoms with Crippen LogP contribution in [-0.2, 0) is 11.3 Å². The highest BCUT2D eigenvalue weighted by molar-refractivity contribution is 5.84. The molecule has 1 heterocycles. The SMILES string of the molecule is CC(C)(C)OC(=O)Nc1ccc(CO)[n+]([O-])c1. The third-order valence-electron chi connectivity index (χ3n) is 1.80. The van der Waals surface area contributed by atoms with Crippen LogP contribution >= 0.6 is 0 Å². The van der Waals surface area contributed by atoms with Crippen molar-refractivity contribution >= 4 is 11.8 Å². The Labute approximate surface area is 99.4 Å². The molecule has 6 nitrogen and oxygen atoms in total. The molecule has 0 fully saturated rings. The molecule has 0 saturated heterocycles. The van der Waals surface area contributed by atoms with Gasteiger partial charge in [-0.1, -0.05) is 0 Å². The maximum atomic E-state index is 11.4. The molecule has 17 heavy (non-hydrogen) atoms. The Hall–Kier alpha value is -1.82. The number of pyridine rings is 1. The van der Waals surface area contributed by atoms with Crippen molar-refractivity contribution in [2.75, 3.05) is 5.32 Å². The van der Waals surface area contributed by atoms with Gasteiger partial charge in [0.15, 0.2) is 0 Å². The van der Waals surface area contributed by atoms with Crippen LogP contribution in [0.2, 0.25) is 0 Å². The van der Waals surface area contributed by atoms with Crippen molar-refractivity contribution in [3.05, 3.63) is 29.2 Å². The monoisotopic (exact) mass is 240 g/mol. The molecule has 0 saturated carbocycles. The average molecular weight is 240 g/mol. The topological polar surface area (TPSA) is 85.5 Å². The number of carbonyl (C=O) groups is 1. The maximum Gasteiger partial charge on any atom is 0.412 e. The summed E-state index contributed by atoms with van der Waals surface area (Å²) in [5.74, 6) is 0. The second kappa shape index (κ2) is 5.01. The number of hydrogen-bond acceptors (Lipinski definition) is 4. The molecule has 6 heteroatoms. The van der Waals surface area contributed by atoms with Crippen molar-refractivity contribution in [1.29, 1.82) is 0 Å². The normalized spacial score (nSPS) is 11.1. The highest BCUT2D eigenvalue weighted by Gasteiger charge is 2.17. The Kier molecular flexibility index (Phi) is 3.90. The zero-order chi connectivity index (χ0) is 13.1. The second-order valence-corrected chi connectivity index (χ2v) is 4.52. The number of aliphatic hydroxyl groups is 1. The van der Waals surface area contributed by atoms with Crippen LogP contribution in [0.15, 0.2) is 18.3 Å². The van der Waals surface area contributed by atoms with E-state index in [1.807, 2.05) is 0 Å². The Morgan fingerprint density at radius 1 is 1.53 bits per heavy atom. The number of carbonyl (C=O) groups excluding carboxylic acids is 1. The zero-order valence-corrected chi connectivity index (χ0v) is 10.1. The predicted molar refractivity (Wildman–Crippen MR) is 61.2 cm³/mol. The van der Waals surface area contributed by atoms with Crippen molar-refractivity contribution in [2.24, 2.45) is 0 Å². The minimum absolute atomic E-state index is 0.208. The van der Waals surface area contributed by atoms with Crippen LogP contribution in [0.5, 0.6) is 0 Å². The fourth-order valence-corrected chi connectivity index (χ4v) is 1.13. The predicted octanol–water partition coefficient (Wildman–Crippen LogP) is 1.16. The van der Waals surface area contributed by atoms with E-state index in [0.717, 1.165) is 6.20 Å². The van der Waals surface area contributed by atoms with Crippen molar-refractivity contribution < 1.29 is 19.4 Å². The number of aromatic nitrogens is 1. The third-order valence-corrected chi connectivity index (χ3v) is 1.80. The van der Waals surface area contributed by atoms with Gasteiger partial charge in [0.05, 0.1) is 0 Å². The van der Waals surface area contributed by atoms with Crippen LogP contribution in [0.25, 0.3) is 0 Å². The minimum atomic E-state index is -0.630. The van der Waals surface area contributed by atoms with Crippen LogP contribution in [-0.4, -0.2) is 16.8 Å². The van der Waals surface area contributed by atoms with E-state index in [0.29, 0.717) is 10.4 Å². The van der Waals surface area contributed by atoms with Gasteiger partial charge in [0.25, 0.3) is 0 Å². The molecule has 2 N–H and O–H groups in total. The number of anilines is 1. The smallest absolute Gasteiger partial charge is 0.412 e. The van der Waals surface area contributed by atoms with Gasteiger partial charge in [-0.05, 0) is 26.8 Å². The number of rotatable bonds is 2. The van der Waals surface area contributed by atoms with E-state index in [9.17, 15) is 10.0 Å². The lowest BCUT2D eigenvalue weighted by atomic mass is 10.2. The Morgan fingerprint density at radius 2 is 2.18 bits per heavy atom. The van der Waals surface area contributed by atoms with Gasteiger partial charge in [-0.15, -0.1) is 0 Å². The highest BCUT2D eigenvalue weighted by Crippen LogP contribution is 2.10. The van der Waals surface area contributed by atoms with Crippen molar-refractivity contribution in [2.45, 2.75) is 33.0 Å². The van der Waals surface area contributed by atoms with Gasteiger partial charge in [-0.2, -0.15) is 4.73 Å². The van der Waals surface area contributed by atoms with Crippen molar-refractivity contribution in [3.63, 3.8) is 0 Å². The van der Waals surface area contributed by atoms with Crippen molar-refractivity contribution in [1.82, 2.24) is 0 Å². The summed E-state index contributed by atoms with van der Waals surface area (Å²) < 4.78 is 5.52. The summed E-state index contributed by atoms with van der Waals surface area (Å²) in [6.45, 7) is 4.88. The Morgan fingerprint density at radius 3 is 2.65 bits per heavy atom. The molecule has 1 aromatic heterocycles. The Balaban J connectivity index is 2.69. The maximum absolute atomic E-state index is 11.4. The fraction of sp³-hybridized carbons (Fsp3) is 0.455. The molecule has 0 aromatic carbocycles. The first-order valence-electron chi connectivity index (χ1n) is 5.15. The first-order chi connectivity index (χ1) is 7.81. The first-order valence-corrected chi connectivity index (χ1v) is 5.15. The molecule has 0 atom stereocenters. The fourth-order valence-electron chi connectivity index (χ4n) is 1.13. The first kappa shape index (κ1) is 13.2. The van der Waals surface area contributed by atoms with E-state index in [1.165, 1.54) is 12.1 Å². The third kappa shape index (κ3) is 4.28. The molecule has 1 rings (SSSR count). The van der Waals surface area contributed by atoms with Crippen LogP contribution < -0.4 is 10.0 Å². The lowest BCUT2D eigenvalue weighted by molar-refractivity contribution is -0.615. The summed E-state index contributed by atoms with van der Waals surface area (Å²) in [7, 11) is 0. The van der Waals surface area contributed by atoms with E-state index in [1.54, 1.807) is 20.8 Å². The standard InChI is InChI=1S/C11H16N2O4/c1-11(2,3)17-10(15)12-8-4-5-9(7-14)13(16)6-8/h4-6,14H,7H2,1-3H3,(H,12,15). The number of aliphatic hydroxyl groups excluding tert-OH is 1. The van der Waals surface area contributed by atoms with Crippen LogP contribution in [0, 0.1) is 5.21 Å². The number of amides is 1. The van der Waals surface area contributed by atoms with Gasteiger partial charge in [-0.25, -0.2) is 4.79 Å². The van der Waals surface area contributed by atoms with Gasteiger partial charge in [0, 0.05) is 6.07 Å². The molecule has 94 valence electrons. The van der Waals surface area contributed by atoms with E-state index >= 15 is 0 Å². The highest BCUT2D eigenvalue weighted by atomic mass is 16.6. The van der Waals surface area contributed by atoms with E-state index in [2.05, 4.69) is 5.32 Å². The van der Waals surface area contributed by atoms with Gasteiger partial charge >= 0.3 is 6.09 Å². The number of ether oxygens (including phenoxy) is 1. The van der Waals surface area contributed by atoms with E-state index in [4.69, 9.17) is 9.84 Å². The summed E-state index contributed by atoms with van der Waals surface area (Å²) in [5.41, 5.74) is -0.0751. The number of nitrogens with one attached hydrogen (secondary N) is 1. The Bertz CT molecular complexity index is 412. The van der Waals surface area contributed by atoms with Crippen LogP contribution in [0.4, 0.5) is 10.5 Å². The van der Waals surface area contributed by atoms with Gasteiger partial charge in [-0.3, -0.25) is 5.32 Å². The molecule has 0 unspecified atom stereocenters. The molecule has 0 aliphatic carbocycles. The molecule has 0 spiro atoms. The van der Waals surface area contributed by atoms with Gasteiger partial charge in [0.1, 0.15) is 17.9 Å². The minimum Gasteiger partial charge on any atom is -0.618 e. The molecular weight excluding hydrogens is 224 g/mol. The largest absolute Gasteiger partial charge is 0.618 e. The number of hydrogen-bond donors (Lipinski definition) is 2. The summed E-state index contributed by atoms with van der Waals surface area (Å²) in [6.07, 6.45) is 0.532. The van der Waals surface area contributed by atoms with E-state index in [-0.39, 0.29) is 12.3 Å². The van der Waals surface area contributed by atoms with Gasteiger partial charge in [0.2, 0.25) is 11.9 Å². The molecule has 0 radical (unpaired) electrons. The lowest BCUT2D eigenvalue weighted by Crippen LogP contribution is -2.33. The van der Waals surface area contributed by atoms with Crippen molar-refractivity contribution in [3.8, 4) is 0 Å². The average Bonchev–Trinajstić information content (AvgIpc) is 2.14. The quantitative estimate of drug-likeness (QED) is 0.600. The molecule has 0 aliphatic heterocycles. The molecule has 1 aromatic rings. The van der Waals surface area contributed by atoms with Crippen LogP contribution in [0.1, 0.15) is 26.5 Å². The molecular formula is C11H16N2O4. The summed E-state index contributed by atoms with van der Waals surface area (Å²) >= 11 is 0. The summed E-state index contributed by atoms with van der Waals surface area (Å²) in [5, 5.41) is 22.5.